The maximum absolute atomic E-state index is 9.56. The van der Waals surface area contributed by atoms with Crippen molar-refractivity contribution in [2.24, 2.45) is 0 Å². The number of benzene rings is 1. The lowest BCUT2D eigenvalue weighted by Crippen LogP contribution is -2.20. The first-order valence-electron chi connectivity index (χ1n) is 6.23. The van der Waals surface area contributed by atoms with E-state index in [-0.39, 0.29) is 11.8 Å². The molecule has 4 nitrogen and oxygen atoms in total. The SMILES string of the molecule is CCC(NCc1ccc(O)c(OC)c1)c1nccs1. The van der Waals surface area contributed by atoms with E-state index in [4.69, 9.17) is 4.74 Å². The van der Waals surface area contributed by atoms with Crippen molar-refractivity contribution in [3.8, 4) is 11.5 Å². The van der Waals surface area contributed by atoms with Gasteiger partial charge in [-0.25, -0.2) is 4.98 Å². The molecule has 19 heavy (non-hydrogen) atoms. The highest BCUT2D eigenvalue weighted by Crippen LogP contribution is 2.27. The Hall–Kier alpha value is -1.59. The molecule has 1 aromatic carbocycles. The normalized spacial score (nSPS) is 12.3. The van der Waals surface area contributed by atoms with Crippen LogP contribution in [-0.4, -0.2) is 17.2 Å². The molecule has 1 atom stereocenters. The van der Waals surface area contributed by atoms with Crippen LogP contribution in [0.3, 0.4) is 0 Å². The van der Waals surface area contributed by atoms with Crippen LogP contribution in [-0.2, 0) is 6.54 Å². The van der Waals surface area contributed by atoms with E-state index in [1.54, 1.807) is 24.5 Å². The second-order valence-electron chi connectivity index (χ2n) is 4.22. The van der Waals surface area contributed by atoms with Gasteiger partial charge < -0.3 is 15.2 Å². The highest BCUT2D eigenvalue weighted by Gasteiger charge is 2.11. The summed E-state index contributed by atoms with van der Waals surface area (Å²) in [6, 6.07) is 5.65. The molecule has 1 aromatic heterocycles. The Morgan fingerprint density at radius 2 is 2.32 bits per heavy atom. The van der Waals surface area contributed by atoms with Gasteiger partial charge in [-0.2, -0.15) is 0 Å². The predicted octanol–water partition coefficient (Wildman–Crippen LogP) is 3.10. The van der Waals surface area contributed by atoms with E-state index in [2.05, 4.69) is 17.2 Å². The maximum Gasteiger partial charge on any atom is 0.160 e. The van der Waals surface area contributed by atoms with Crippen molar-refractivity contribution in [1.29, 1.82) is 0 Å². The average Bonchev–Trinajstić information content (AvgIpc) is 2.95. The van der Waals surface area contributed by atoms with E-state index in [1.807, 2.05) is 23.7 Å². The monoisotopic (exact) mass is 278 g/mol. The molecule has 2 aromatic rings. The minimum absolute atomic E-state index is 0.165. The van der Waals surface area contributed by atoms with Gasteiger partial charge in [0.25, 0.3) is 0 Å². The molecule has 0 saturated heterocycles. The van der Waals surface area contributed by atoms with Gasteiger partial charge in [0.2, 0.25) is 0 Å². The van der Waals surface area contributed by atoms with E-state index in [1.165, 1.54) is 0 Å². The molecule has 1 heterocycles. The highest BCUT2D eigenvalue weighted by molar-refractivity contribution is 7.09. The second kappa shape index (κ2) is 6.54. The Morgan fingerprint density at radius 1 is 1.47 bits per heavy atom. The third kappa shape index (κ3) is 3.45. The van der Waals surface area contributed by atoms with Crippen molar-refractivity contribution < 1.29 is 9.84 Å². The minimum Gasteiger partial charge on any atom is -0.504 e. The topological polar surface area (TPSA) is 54.4 Å². The van der Waals surface area contributed by atoms with Gasteiger partial charge in [-0.1, -0.05) is 13.0 Å². The van der Waals surface area contributed by atoms with Crippen LogP contribution in [0.5, 0.6) is 11.5 Å². The predicted molar refractivity (Wildman–Crippen MR) is 76.6 cm³/mol. The third-order valence-electron chi connectivity index (χ3n) is 2.95. The van der Waals surface area contributed by atoms with E-state index in [0.717, 1.165) is 17.0 Å². The summed E-state index contributed by atoms with van der Waals surface area (Å²) in [4.78, 5) is 4.34. The molecule has 102 valence electrons. The number of nitrogens with one attached hydrogen (secondary N) is 1. The molecule has 0 aliphatic heterocycles. The van der Waals surface area contributed by atoms with Crippen LogP contribution in [0.25, 0.3) is 0 Å². The van der Waals surface area contributed by atoms with E-state index in [9.17, 15) is 5.11 Å². The molecule has 0 spiro atoms. The first kappa shape index (κ1) is 13.8. The number of hydrogen-bond acceptors (Lipinski definition) is 5. The molecular formula is C14H18N2O2S. The summed E-state index contributed by atoms with van der Waals surface area (Å²) in [5.41, 5.74) is 1.07. The Bertz CT molecular complexity index is 514. The van der Waals surface area contributed by atoms with Gasteiger partial charge in [0.1, 0.15) is 5.01 Å². The number of ether oxygens (including phenoxy) is 1. The maximum atomic E-state index is 9.56. The van der Waals surface area contributed by atoms with Gasteiger partial charge in [-0.15, -0.1) is 11.3 Å². The van der Waals surface area contributed by atoms with E-state index < -0.39 is 0 Å². The van der Waals surface area contributed by atoms with Gasteiger partial charge >= 0.3 is 0 Å². The summed E-state index contributed by atoms with van der Waals surface area (Å²) in [7, 11) is 1.55. The van der Waals surface area contributed by atoms with E-state index in [0.29, 0.717) is 12.3 Å². The average molecular weight is 278 g/mol. The molecule has 0 aliphatic rings. The number of phenols is 1. The molecule has 1 unspecified atom stereocenters. The Kier molecular flexibility index (Phi) is 4.76. The summed E-state index contributed by atoms with van der Waals surface area (Å²) < 4.78 is 5.10. The fraction of sp³-hybridized carbons (Fsp3) is 0.357. The molecule has 0 bridgehead atoms. The van der Waals surface area contributed by atoms with Gasteiger partial charge in [-0.3, -0.25) is 0 Å². The highest BCUT2D eigenvalue weighted by atomic mass is 32.1. The van der Waals surface area contributed by atoms with Crippen molar-refractivity contribution in [3.63, 3.8) is 0 Å². The zero-order valence-corrected chi connectivity index (χ0v) is 11.9. The molecule has 2 N–H and O–H groups in total. The minimum atomic E-state index is 0.165. The van der Waals surface area contributed by atoms with Crippen LogP contribution < -0.4 is 10.1 Å². The van der Waals surface area contributed by atoms with Crippen molar-refractivity contribution in [1.82, 2.24) is 10.3 Å². The molecule has 0 amide bonds. The fourth-order valence-electron chi connectivity index (χ4n) is 1.89. The standard InChI is InChI=1S/C14H18N2O2S/c1-3-11(14-15-6-7-19-14)16-9-10-4-5-12(17)13(8-10)18-2/h4-8,11,16-17H,3,9H2,1-2H3. The Morgan fingerprint density at radius 3 is 2.95 bits per heavy atom. The summed E-state index contributed by atoms with van der Waals surface area (Å²) in [6.45, 7) is 2.85. The molecular weight excluding hydrogens is 260 g/mol. The molecule has 0 aliphatic carbocycles. The number of nitrogens with zero attached hydrogens (tertiary/aromatic N) is 1. The number of aromatic hydroxyl groups is 1. The number of hydrogen-bond donors (Lipinski definition) is 2. The number of aromatic nitrogens is 1. The van der Waals surface area contributed by atoms with Crippen LogP contribution in [0.15, 0.2) is 29.8 Å². The summed E-state index contributed by atoms with van der Waals surface area (Å²) in [5, 5.41) is 16.1. The zero-order chi connectivity index (χ0) is 13.7. The van der Waals surface area contributed by atoms with Crippen LogP contribution in [0.1, 0.15) is 30.0 Å². The Labute approximate surface area is 117 Å². The number of phenolic OH excluding ortho intramolecular Hbond substituents is 1. The lowest BCUT2D eigenvalue weighted by atomic mass is 10.1. The second-order valence-corrected chi connectivity index (χ2v) is 5.14. The van der Waals surface area contributed by atoms with Crippen molar-refractivity contribution >= 4 is 11.3 Å². The molecule has 0 radical (unpaired) electrons. The number of thiazole rings is 1. The lowest BCUT2D eigenvalue weighted by Gasteiger charge is -2.15. The summed E-state index contributed by atoms with van der Waals surface area (Å²) in [5.74, 6) is 0.666. The molecule has 2 rings (SSSR count). The Balaban J connectivity index is 2.01. The van der Waals surface area contributed by atoms with Crippen LogP contribution >= 0.6 is 11.3 Å². The molecule has 0 fully saturated rings. The zero-order valence-electron chi connectivity index (χ0n) is 11.1. The van der Waals surface area contributed by atoms with Gasteiger partial charge in [0.15, 0.2) is 11.5 Å². The third-order valence-corrected chi connectivity index (χ3v) is 3.84. The van der Waals surface area contributed by atoms with Crippen molar-refractivity contribution in [3.05, 3.63) is 40.3 Å². The number of methoxy groups -OCH3 is 1. The van der Waals surface area contributed by atoms with Gasteiger partial charge in [0.05, 0.1) is 13.2 Å². The molecule has 0 saturated carbocycles. The fourth-order valence-corrected chi connectivity index (χ4v) is 2.68. The molecule has 5 heteroatoms. The largest absolute Gasteiger partial charge is 0.504 e. The van der Waals surface area contributed by atoms with E-state index >= 15 is 0 Å². The first-order chi connectivity index (χ1) is 9.24. The number of rotatable bonds is 6. The van der Waals surface area contributed by atoms with Crippen LogP contribution in [0.2, 0.25) is 0 Å². The van der Waals surface area contributed by atoms with Crippen molar-refractivity contribution in [2.75, 3.05) is 7.11 Å². The summed E-state index contributed by atoms with van der Waals surface area (Å²) in [6.07, 6.45) is 2.82. The van der Waals surface area contributed by atoms with Gasteiger partial charge in [-0.05, 0) is 24.1 Å². The van der Waals surface area contributed by atoms with Gasteiger partial charge in [0, 0.05) is 18.1 Å². The smallest absolute Gasteiger partial charge is 0.160 e. The quantitative estimate of drug-likeness (QED) is 0.852. The first-order valence-corrected chi connectivity index (χ1v) is 7.11. The van der Waals surface area contributed by atoms with Crippen molar-refractivity contribution in [2.45, 2.75) is 25.9 Å². The van der Waals surface area contributed by atoms with Crippen LogP contribution in [0.4, 0.5) is 0 Å². The lowest BCUT2D eigenvalue weighted by molar-refractivity contribution is 0.372. The summed E-state index contributed by atoms with van der Waals surface area (Å²) >= 11 is 1.66. The van der Waals surface area contributed by atoms with Crippen LogP contribution in [0, 0.1) is 0 Å².